The van der Waals surface area contributed by atoms with Gasteiger partial charge >= 0.3 is 0 Å². The molecule has 104 valence electrons. The third-order valence-electron chi connectivity index (χ3n) is 3.58. The quantitative estimate of drug-likeness (QED) is 0.889. The molecule has 0 atom stereocenters. The number of aryl methyl sites for hydroxylation is 1. The highest BCUT2D eigenvalue weighted by molar-refractivity contribution is 5.40. The van der Waals surface area contributed by atoms with Gasteiger partial charge in [-0.25, -0.2) is 0 Å². The lowest BCUT2D eigenvalue weighted by Crippen LogP contribution is -2.51. The Balaban J connectivity index is 1.39. The maximum Gasteiger partial charge on any atom is 0.151 e. The Morgan fingerprint density at radius 3 is 2.65 bits per heavy atom. The zero-order valence-electron chi connectivity index (χ0n) is 11.7. The van der Waals surface area contributed by atoms with Crippen molar-refractivity contribution in [3.63, 3.8) is 0 Å². The van der Waals surface area contributed by atoms with Gasteiger partial charge in [0.15, 0.2) is 5.82 Å². The Morgan fingerprint density at radius 1 is 1.15 bits per heavy atom. The van der Waals surface area contributed by atoms with Gasteiger partial charge in [0, 0.05) is 44.5 Å². The van der Waals surface area contributed by atoms with Crippen LogP contribution in [0.2, 0.25) is 0 Å². The first kappa shape index (κ1) is 13.0. The molecule has 0 aromatic carbocycles. The van der Waals surface area contributed by atoms with Crippen molar-refractivity contribution in [3.8, 4) is 0 Å². The van der Waals surface area contributed by atoms with Gasteiger partial charge < -0.3 is 10.2 Å². The molecule has 1 fully saturated rings. The Labute approximate surface area is 119 Å². The number of aromatic nitrogens is 3. The predicted molar refractivity (Wildman–Crippen MR) is 78.4 cm³/mol. The lowest BCUT2D eigenvalue weighted by molar-refractivity contribution is 0.381. The van der Waals surface area contributed by atoms with Gasteiger partial charge in [0.2, 0.25) is 0 Å². The summed E-state index contributed by atoms with van der Waals surface area (Å²) in [5.41, 5.74) is 2.24. The number of rotatable bonds is 5. The molecular weight excluding hydrogens is 250 g/mol. The van der Waals surface area contributed by atoms with Crippen LogP contribution in [0, 0.1) is 12.8 Å². The van der Waals surface area contributed by atoms with Crippen molar-refractivity contribution in [3.05, 3.63) is 47.9 Å². The topological polar surface area (TPSA) is 53.9 Å². The van der Waals surface area contributed by atoms with Crippen LogP contribution >= 0.6 is 0 Å². The summed E-state index contributed by atoms with van der Waals surface area (Å²) < 4.78 is 0. The van der Waals surface area contributed by atoms with Crippen LogP contribution in [0.4, 0.5) is 5.82 Å². The summed E-state index contributed by atoms with van der Waals surface area (Å²) in [6.45, 7) is 6.02. The van der Waals surface area contributed by atoms with E-state index in [1.165, 1.54) is 5.56 Å². The fourth-order valence-electron chi connectivity index (χ4n) is 2.37. The van der Waals surface area contributed by atoms with Crippen molar-refractivity contribution < 1.29 is 0 Å². The standard InChI is InChI=1S/C15H19N5/c1-12-2-3-15(19-18-12)20-10-14(11-20)9-17-8-13-4-6-16-7-5-13/h2-7,14,17H,8-11H2,1H3. The van der Waals surface area contributed by atoms with Crippen LogP contribution in [0.5, 0.6) is 0 Å². The number of nitrogens with zero attached hydrogens (tertiary/aromatic N) is 4. The van der Waals surface area contributed by atoms with E-state index in [1.807, 2.05) is 43.6 Å². The van der Waals surface area contributed by atoms with Gasteiger partial charge in [-0.15, -0.1) is 5.10 Å². The Hall–Kier alpha value is -2.01. The third kappa shape index (κ3) is 3.11. The summed E-state index contributed by atoms with van der Waals surface area (Å²) in [4.78, 5) is 6.29. The van der Waals surface area contributed by atoms with E-state index in [-0.39, 0.29) is 0 Å². The van der Waals surface area contributed by atoms with Crippen LogP contribution < -0.4 is 10.2 Å². The van der Waals surface area contributed by atoms with Gasteiger partial charge in [-0.2, -0.15) is 5.10 Å². The number of hydrogen-bond donors (Lipinski definition) is 1. The summed E-state index contributed by atoms with van der Waals surface area (Å²) in [7, 11) is 0. The van der Waals surface area contributed by atoms with Crippen LogP contribution in [-0.2, 0) is 6.54 Å². The zero-order chi connectivity index (χ0) is 13.8. The van der Waals surface area contributed by atoms with E-state index in [0.29, 0.717) is 5.92 Å². The first-order valence-corrected chi connectivity index (χ1v) is 6.96. The smallest absolute Gasteiger partial charge is 0.151 e. The highest BCUT2D eigenvalue weighted by Gasteiger charge is 2.27. The van der Waals surface area contributed by atoms with Crippen LogP contribution in [0.1, 0.15) is 11.3 Å². The van der Waals surface area contributed by atoms with Crippen molar-refractivity contribution in [2.45, 2.75) is 13.5 Å². The summed E-state index contributed by atoms with van der Waals surface area (Å²) in [6.07, 6.45) is 3.66. The lowest BCUT2D eigenvalue weighted by atomic mass is 10.00. The fraction of sp³-hybridized carbons (Fsp3) is 0.400. The summed E-state index contributed by atoms with van der Waals surface area (Å²) in [5, 5.41) is 11.8. The van der Waals surface area contributed by atoms with Gasteiger partial charge in [0.25, 0.3) is 0 Å². The largest absolute Gasteiger partial charge is 0.354 e. The predicted octanol–water partition coefficient (Wildman–Crippen LogP) is 1.41. The summed E-state index contributed by atoms with van der Waals surface area (Å²) in [6, 6.07) is 8.14. The molecule has 0 saturated carbocycles. The minimum Gasteiger partial charge on any atom is -0.354 e. The molecule has 0 aliphatic carbocycles. The molecular formula is C15H19N5. The molecule has 1 N–H and O–H groups in total. The normalized spacial score (nSPS) is 15.2. The van der Waals surface area contributed by atoms with E-state index >= 15 is 0 Å². The fourth-order valence-corrected chi connectivity index (χ4v) is 2.37. The maximum atomic E-state index is 4.21. The third-order valence-corrected chi connectivity index (χ3v) is 3.58. The average molecular weight is 269 g/mol. The van der Waals surface area contributed by atoms with Crippen molar-refractivity contribution >= 4 is 5.82 Å². The molecule has 3 rings (SSSR count). The van der Waals surface area contributed by atoms with Crippen molar-refractivity contribution in [1.29, 1.82) is 0 Å². The van der Waals surface area contributed by atoms with E-state index in [0.717, 1.165) is 37.7 Å². The number of pyridine rings is 1. The van der Waals surface area contributed by atoms with Crippen LogP contribution in [0.25, 0.3) is 0 Å². The first-order chi connectivity index (χ1) is 9.81. The monoisotopic (exact) mass is 269 g/mol. The lowest BCUT2D eigenvalue weighted by Gasteiger charge is -2.40. The van der Waals surface area contributed by atoms with Crippen LogP contribution in [0.3, 0.4) is 0 Å². The summed E-state index contributed by atoms with van der Waals surface area (Å²) >= 11 is 0. The molecule has 2 aromatic rings. The summed E-state index contributed by atoms with van der Waals surface area (Å²) in [5.74, 6) is 1.68. The van der Waals surface area contributed by atoms with Crippen LogP contribution in [0.15, 0.2) is 36.7 Å². The van der Waals surface area contributed by atoms with Gasteiger partial charge in [-0.1, -0.05) is 0 Å². The second-order valence-electron chi connectivity index (χ2n) is 5.29. The van der Waals surface area contributed by atoms with Gasteiger partial charge in [-0.3, -0.25) is 4.98 Å². The molecule has 0 amide bonds. The second-order valence-corrected chi connectivity index (χ2v) is 5.29. The number of hydrogen-bond acceptors (Lipinski definition) is 5. The average Bonchev–Trinajstić information content (AvgIpc) is 2.44. The van der Waals surface area contributed by atoms with Gasteiger partial charge in [0.1, 0.15) is 0 Å². The van der Waals surface area contributed by atoms with Crippen molar-refractivity contribution in [2.24, 2.45) is 5.92 Å². The molecule has 0 radical (unpaired) electrons. The SMILES string of the molecule is Cc1ccc(N2CC(CNCc3ccncc3)C2)nn1. The van der Waals surface area contributed by atoms with Crippen LogP contribution in [-0.4, -0.2) is 34.8 Å². The number of nitrogens with one attached hydrogen (secondary N) is 1. The minimum atomic E-state index is 0.694. The van der Waals surface area contributed by atoms with Gasteiger partial charge in [0.05, 0.1) is 5.69 Å². The number of anilines is 1. The molecule has 1 aliphatic heterocycles. The highest BCUT2D eigenvalue weighted by atomic mass is 15.3. The van der Waals surface area contributed by atoms with E-state index in [1.54, 1.807) is 0 Å². The molecule has 0 bridgehead atoms. The van der Waals surface area contributed by atoms with E-state index in [4.69, 9.17) is 0 Å². The molecule has 1 aliphatic rings. The Bertz CT molecular complexity index is 534. The molecule has 5 nitrogen and oxygen atoms in total. The van der Waals surface area contributed by atoms with Crippen molar-refractivity contribution in [1.82, 2.24) is 20.5 Å². The molecule has 1 saturated heterocycles. The highest BCUT2D eigenvalue weighted by Crippen LogP contribution is 2.21. The molecule has 0 unspecified atom stereocenters. The minimum absolute atomic E-state index is 0.694. The van der Waals surface area contributed by atoms with E-state index in [2.05, 4.69) is 25.4 Å². The Kier molecular flexibility index (Phi) is 3.87. The zero-order valence-corrected chi connectivity index (χ0v) is 11.7. The molecule has 2 aromatic heterocycles. The van der Waals surface area contributed by atoms with Crippen molar-refractivity contribution in [2.75, 3.05) is 24.5 Å². The molecule has 3 heterocycles. The molecule has 5 heteroatoms. The molecule has 20 heavy (non-hydrogen) atoms. The first-order valence-electron chi connectivity index (χ1n) is 6.96. The maximum absolute atomic E-state index is 4.21. The Morgan fingerprint density at radius 2 is 1.95 bits per heavy atom. The van der Waals surface area contributed by atoms with E-state index in [9.17, 15) is 0 Å². The van der Waals surface area contributed by atoms with E-state index < -0.39 is 0 Å². The second kappa shape index (κ2) is 5.96. The molecule has 0 spiro atoms. The van der Waals surface area contributed by atoms with Gasteiger partial charge in [-0.05, 0) is 36.8 Å².